The second-order valence-corrected chi connectivity index (χ2v) is 8.40. The Hall–Kier alpha value is -4.22. The molecular formula is C25H25F3N6O3. The number of para-hydroxylation sites is 1. The normalized spacial score (nSPS) is 14.7. The fourth-order valence-corrected chi connectivity index (χ4v) is 3.70. The molecule has 0 radical (unpaired) electrons. The molecule has 1 saturated heterocycles. The third-order valence-electron chi connectivity index (χ3n) is 5.81. The van der Waals surface area contributed by atoms with Crippen molar-refractivity contribution >= 4 is 29.3 Å². The van der Waals surface area contributed by atoms with E-state index in [1.165, 1.54) is 6.92 Å². The number of nitrogens with one attached hydrogen (secondary N) is 1. The maximum Gasteiger partial charge on any atom is 0.425 e. The number of halogens is 3. The molecule has 1 aliphatic heterocycles. The van der Waals surface area contributed by atoms with E-state index in [2.05, 4.69) is 20.3 Å². The number of alkyl halides is 3. The highest BCUT2D eigenvalue weighted by Crippen LogP contribution is 2.27. The number of carbonyl (C=O) groups excluding carboxylic acids is 2. The molecule has 1 unspecified atom stereocenters. The zero-order valence-electron chi connectivity index (χ0n) is 20.2. The molecule has 1 N–H and O–H groups in total. The van der Waals surface area contributed by atoms with Gasteiger partial charge in [0.25, 0.3) is 0 Å². The van der Waals surface area contributed by atoms with Crippen LogP contribution in [0.3, 0.4) is 0 Å². The van der Waals surface area contributed by atoms with E-state index in [1.54, 1.807) is 64.4 Å². The summed E-state index contributed by atoms with van der Waals surface area (Å²) in [6.07, 6.45) is -6.78. The summed E-state index contributed by atoms with van der Waals surface area (Å²) in [7, 11) is 0. The molecule has 37 heavy (non-hydrogen) atoms. The number of piperazine rings is 1. The van der Waals surface area contributed by atoms with E-state index in [4.69, 9.17) is 4.74 Å². The van der Waals surface area contributed by atoms with Gasteiger partial charge in [-0.25, -0.2) is 0 Å². The number of aromatic nitrogens is 3. The summed E-state index contributed by atoms with van der Waals surface area (Å²) in [5.41, 5.74) is 1.17. The first-order chi connectivity index (χ1) is 17.6. The van der Waals surface area contributed by atoms with E-state index in [9.17, 15) is 22.8 Å². The van der Waals surface area contributed by atoms with Gasteiger partial charge in [0.15, 0.2) is 11.9 Å². The molecule has 9 nitrogen and oxygen atoms in total. The van der Waals surface area contributed by atoms with Crippen LogP contribution in [-0.4, -0.2) is 70.0 Å². The Morgan fingerprint density at radius 1 is 0.946 bits per heavy atom. The lowest BCUT2D eigenvalue weighted by atomic mass is 10.0. The molecule has 1 fully saturated rings. The topological polar surface area (TPSA) is 101 Å². The van der Waals surface area contributed by atoms with E-state index in [0.717, 1.165) is 6.92 Å². The van der Waals surface area contributed by atoms with Gasteiger partial charge in [-0.1, -0.05) is 42.5 Å². The summed E-state index contributed by atoms with van der Waals surface area (Å²) in [5, 5.41) is 2.95. The van der Waals surface area contributed by atoms with Crippen molar-refractivity contribution in [2.45, 2.75) is 26.1 Å². The van der Waals surface area contributed by atoms with Crippen LogP contribution in [0, 0.1) is 0 Å². The predicted octanol–water partition coefficient (Wildman–Crippen LogP) is 3.84. The van der Waals surface area contributed by atoms with Crippen LogP contribution < -0.4 is 15.0 Å². The maximum absolute atomic E-state index is 13.2. The van der Waals surface area contributed by atoms with Gasteiger partial charge in [0.05, 0.1) is 5.69 Å². The number of ether oxygens (including phenoxy) is 1. The summed E-state index contributed by atoms with van der Waals surface area (Å²) >= 11 is 0. The Labute approximate surface area is 211 Å². The van der Waals surface area contributed by atoms with Crippen molar-refractivity contribution < 1.29 is 27.5 Å². The summed E-state index contributed by atoms with van der Waals surface area (Å²) in [5.74, 6) is -0.311. The van der Waals surface area contributed by atoms with E-state index in [1.807, 2.05) is 0 Å². The molecule has 0 bridgehead atoms. The summed E-state index contributed by atoms with van der Waals surface area (Å²) in [4.78, 5) is 40.7. The largest absolute Gasteiger partial charge is 0.451 e. The molecule has 1 aromatic heterocycles. The first-order valence-electron chi connectivity index (χ1n) is 11.6. The van der Waals surface area contributed by atoms with Crippen molar-refractivity contribution in [1.82, 2.24) is 19.9 Å². The number of nitrogens with zero attached hydrogens (tertiary/aromatic N) is 5. The minimum absolute atomic E-state index is 0.0691. The Morgan fingerprint density at radius 2 is 1.59 bits per heavy atom. The SMILES string of the molecule is CC(=O)N1CCN(c2nc(Nc3ccccc3C(=O)c3ccccc3)nc(OC(C)C(F)(F)F)n2)CC1. The van der Waals surface area contributed by atoms with E-state index < -0.39 is 18.3 Å². The third-order valence-corrected chi connectivity index (χ3v) is 5.81. The van der Waals surface area contributed by atoms with Crippen LogP contribution in [0.25, 0.3) is 0 Å². The van der Waals surface area contributed by atoms with E-state index in [0.29, 0.717) is 43.0 Å². The lowest BCUT2D eigenvalue weighted by Gasteiger charge is -2.34. The Bertz CT molecular complexity index is 1260. The zero-order valence-corrected chi connectivity index (χ0v) is 20.2. The molecule has 1 atom stereocenters. The van der Waals surface area contributed by atoms with Gasteiger partial charge in [-0.3, -0.25) is 9.59 Å². The predicted molar refractivity (Wildman–Crippen MR) is 130 cm³/mol. The molecule has 0 spiro atoms. The van der Waals surface area contributed by atoms with Crippen LogP contribution in [0.2, 0.25) is 0 Å². The van der Waals surface area contributed by atoms with Gasteiger partial charge in [-0.05, 0) is 19.1 Å². The van der Waals surface area contributed by atoms with Crippen molar-refractivity contribution in [1.29, 1.82) is 0 Å². The van der Waals surface area contributed by atoms with Gasteiger partial charge in [0.1, 0.15) is 0 Å². The van der Waals surface area contributed by atoms with Crippen LogP contribution in [0.4, 0.5) is 30.8 Å². The van der Waals surface area contributed by atoms with Gasteiger partial charge >= 0.3 is 12.2 Å². The second kappa shape index (κ2) is 10.8. The molecule has 2 aromatic carbocycles. The lowest BCUT2D eigenvalue weighted by Crippen LogP contribution is -2.48. The van der Waals surface area contributed by atoms with Crippen LogP contribution in [0.15, 0.2) is 54.6 Å². The molecular weight excluding hydrogens is 489 g/mol. The zero-order chi connectivity index (χ0) is 26.6. The highest BCUT2D eigenvalue weighted by atomic mass is 19.4. The highest BCUT2D eigenvalue weighted by molar-refractivity contribution is 6.12. The molecule has 3 aromatic rings. The first-order valence-corrected chi connectivity index (χ1v) is 11.6. The smallest absolute Gasteiger partial charge is 0.425 e. The van der Waals surface area contributed by atoms with Crippen LogP contribution in [0.1, 0.15) is 29.8 Å². The maximum atomic E-state index is 13.2. The fraction of sp³-hybridized carbons (Fsp3) is 0.320. The van der Waals surface area contributed by atoms with Gasteiger partial charge in [-0.2, -0.15) is 28.1 Å². The third kappa shape index (κ3) is 6.32. The minimum Gasteiger partial charge on any atom is -0.451 e. The summed E-state index contributed by atoms with van der Waals surface area (Å²) < 4.78 is 44.5. The molecule has 1 aliphatic rings. The second-order valence-electron chi connectivity index (χ2n) is 8.40. The van der Waals surface area contributed by atoms with Gasteiger partial charge in [0.2, 0.25) is 17.8 Å². The minimum atomic E-state index is -4.62. The number of benzene rings is 2. The molecule has 1 amide bonds. The number of hydrogen-bond donors (Lipinski definition) is 1. The Balaban J connectivity index is 1.66. The number of amides is 1. The number of carbonyl (C=O) groups is 2. The van der Waals surface area contributed by atoms with Crippen LogP contribution in [0.5, 0.6) is 6.01 Å². The first kappa shape index (κ1) is 25.9. The van der Waals surface area contributed by atoms with Crippen molar-refractivity contribution in [2.75, 3.05) is 36.4 Å². The molecule has 12 heteroatoms. The Kier molecular flexibility index (Phi) is 7.55. The number of anilines is 3. The average Bonchev–Trinajstić information content (AvgIpc) is 2.88. The Morgan fingerprint density at radius 3 is 2.24 bits per heavy atom. The van der Waals surface area contributed by atoms with Crippen molar-refractivity contribution in [3.05, 3.63) is 65.7 Å². The summed E-state index contributed by atoms with van der Waals surface area (Å²) in [6, 6.07) is 14.8. The quantitative estimate of drug-likeness (QED) is 0.475. The summed E-state index contributed by atoms with van der Waals surface area (Å²) in [6.45, 7) is 3.90. The van der Waals surface area contributed by atoms with Crippen molar-refractivity contribution in [2.24, 2.45) is 0 Å². The van der Waals surface area contributed by atoms with E-state index in [-0.39, 0.29) is 23.6 Å². The average molecular weight is 515 g/mol. The number of hydrogen-bond acceptors (Lipinski definition) is 8. The van der Waals surface area contributed by atoms with Gasteiger partial charge in [-0.15, -0.1) is 0 Å². The highest BCUT2D eigenvalue weighted by Gasteiger charge is 2.39. The van der Waals surface area contributed by atoms with Crippen molar-refractivity contribution in [3.63, 3.8) is 0 Å². The molecule has 4 rings (SSSR count). The number of rotatable bonds is 7. The number of ketones is 1. The fourth-order valence-electron chi connectivity index (χ4n) is 3.70. The standard InChI is InChI=1S/C25H25F3N6O3/c1-16(25(26,27)28)37-24-31-22(30-23(32-24)34-14-12-33(13-15-34)17(2)35)29-20-11-7-6-10-19(20)21(36)18-8-4-3-5-9-18/h3-11,16H,12-15H2,1-2H3,(H,29,30,31,32). The molecule has 0 saturated carbocycles. The lowest BCUT2D eigenvalue weighted by molar-refractivity contribution is -0.190. The van der Waals surface area contributed by atoms with Crippen molar-refractivity contribution in [3.8, 4) is 6.01 Å². The van der Waals surface area contributed by atoms with E-state index >= 15 is 0 Å². The van der Waals surface area contributed by atoms with Gasteiger partial charge < -0.3 is 19.9 Å². The monoisotopic (exact) mass is 514 g/mol. The van der Waals surface area contributed by atoms with Crippen LogP contribution in [-0.2, 0) is 4.79 Å². The molecule has 194 valence electrons. The van der Waals surface area contributed by atoms with Crippen LogP contribution >= 0.6 is 0 Å². The molecule has 2 heterocycles. The molecule has 0 aliphatic carbocycles. The van der Waals surface area contributed by atoms with Gasteiger partial charge in [0, 0.05) is 44.2 Å².